The zero-order chi connectivity index (χ0) is 16.9. The molecule has 8 heteroatoms. The second-order valence-electron chi connectivity index (χ2n) is 4.95. The van der Waals surface area contributed by atoms with Crippen molar-refractivity contribution in [1.82, 2.24) is 19.6 Å². The molecule has 1 amide bonds. The van der Waals surface area contributed by atoms with Crippen LogP contribution in [0.25, 0.3) is 5.78 Å². The van der Waals surface area contributed by atoms with Gasteiger partial charge in [0.2, 0.25) is 11.1 Å². The van der Waals surface area contributed by atoms with Gasteiger partial charge in [0.05, 0.1) is 5.75 Å². The first-order valence-electron chi connectivity index (χ1n) is 7.39. The van der Waals surface area contributed by atoms with Gasteiger partial charge in [-0.15, -0.1) is 5.10 Å². The van der Waals surface area contributed by atoms with Crippen molar-refractivity contribution in [3.8, 4) is 0 Å². The lowest BCUT2D eigenvalue weighted by Gasteiger charge is -2.04. The van der Waals surface area contributed by atoms with E-state index in [1.165, 1.54) is 11.8 Å². The second kappa shape index (κ2) is 7.22. The Labute approximate surface area is 142 Å². The lowest BCUT2D eigenvalue weighted by molar-refractivity contribution is -0.115. The number of fused-ring (bicyclic) bond motifs is 1. The number of carbonyl (C=O) groups excluding carboxylic acids is 2. The molecule has 1 N–H and O–H groups in total. The van der Waals surface area contributed by atoms with Gasteiger partial charge in [0.1, 0.15) is 0 Å². The lowest BCUT2D eigenvalue weighted by Crippen LogP contribution is -2.09. The van der Waals surface area contributed by atoms with E-state index in [1.54, 1.807) is 54.2 Å². The van der Waals surface area contributed by atoms with Crippen LogP contribution < -0.4 is 5.32 Å². The highest BCUT2D eigenvalue weighted by Crippen LogP contribution is 2.17. The molecule has 24 heavy (non-hydrogen) atoms. The molecule has 7 nitrogen and oxygen atoms in total. The second-order valence-corrected chi connectivity index (χ2v) is 5.89. The Bertz CT molecular complexity index is 843. The first-order chi connectivity index (χ1) is 11.7. The molecule has 0 radical (unpaired) electrons. The molecule has 0 aliphatic rings. The smallest absolute Gasteiger partial charge is 0.253 e. The highest BCUT2D eigenvalue weighted by atomic mass is 32.2. The molecular weight excluding hydrogens is 326 g/mol. The van der Waals surface area contributed by atoms with Gasteiger partial charge in [-0.05, 0) is 30.3 Å². The number of nitrogens with one attached hydrogen (secondary N) is 1. The average molecular weight is 341 g/mol. The van der Waals surface area contributed by atoms with E-state index in [0.717, 1.165) is 0 Å². The van der Waals surface area contributed by atoms with E-state index in [0.29, 0.717) is 28.6 Å². The molecule has 0 bridgehead atoms. The number of rotatable bonds is 6. The Morgan fingerprint density at radius 1 is 1.25 bits per heavy atom. The fraction of sp³-hybridized carbons (Fsp3) is 0.188. The van der Waals surface area contributed by atoms with E-state index in [-0.39, 0.29) is 17.4 Å². The molecule has 0 fully saturated rings. The first-order valence-corrected chi connectivity index (χ1v) is 8.37. The largest absolute Gasteiger partial charge is 0.326 e. The summed E-state index contributed by atoms with van der Waals surface area (Å²) in [6.07, 6.45) is 3.81. The van der Waals surface area contributed by atoms with Gasteiger partial charge in [-0.3, -0.25) is 9.59 Å². The predicted octanol–water partition coefficient (Wildman–Crippen LogP) is 2.45. The van der Waals surface area contributed by atoms with Gasteiger partial charge < -0.3 is 5.32 Å². The maximum Gasteiger partial charge on any atom is 0.253 e. The summed E-state index contributed by atoms with van der Waals surface area (Å²) in [7, 11) is 0. The summed E-state index contributed by atoms with van der Waals surface area (Å²) in [6.45, 7) is 1.79. The number of hydrogen-bond acceptors (Lipinski definition) is 6. The number of thioether (sulfide) groups is 1. The van der Waals surface area contributed by atoms with E-state index in [4.69, 9.17) is 0 Å². The molecule has 122 valence electrons. The minimum absolute atomic E-state index is 0.0276. The standard InChI is InChI=1S/C16H15N5O2S/c1-2-14(23)18-12-6-4-11(5-7-12)13(22)10-24-16-19-15-17-8-3-9-21(15)20-16/h3-9H,2,10H2,1H3,(H,18,23). The molecule has 0 aliphatic heterocycles. The molecule has 0 atom stereocenters. The summed E-state index contributed by atoms with van der Waals surface area (Å²) in [4.78, 5) is 31.9. The summed E-state index contributed by atoms with van der Waals surface area (Å²) >= 11 is 1.27. The molecule has 0 saturated heterocycles. The van der Waals surface area contributed by atoms with Crippen molar-refractivity contribution in [2.45, 2.75) is 18.5 Å². The third kappa shape index (κ3) is 3.77. The van der Waals surface area contributed by atoms with Crippen LogP contribution in [0.4, 0.5) is 5.69 Å². The van der Waals surface area contributed by atoms with Gasteiger partial charge in [0.25, 0.3) is 5.78 Å². The van der Waals surface area contributed by atoms with E-state index >= 15 is 0 Å². The van der Waals surface area contributed by atoms with Crippen molar-refractivity contribution in [3.05, 3.63) is 48.3 Å². The Morgan fingerprint density at radius 3 is 2.75 bits per heavy atom. The number of amides is 1. The minimum Gasteiger partial charge on any atom is -0.326 e. The monoisotopic (exact) mass is 341 g/mol. The third-order valence-electron chi connectivity index (χ3n) is 3.24. The highest BCUT2D eigenvalue weighted by Gasteiger charge is 2.10. The number of nitrogens with zero attached hydrogens (tertiary/aromatic N) is 4. The first kappa shape index (κ1) is 16.1. The third-order valence-corrected chi connectivity index (χ3v) is 4.08. The number of ketones is 1. The van der Waals surface area contributed by atoms with Crippen molar-refractivity contribution in [3.63, 3.8) is 0 Å². The van der Waals surface area contributed by atoms with Crippen molar-refractivity contribution < 1.29 is 9.59 Å². The van der Waals surface area contributed by atoms with Gasteiger partial charge in [0.15, 0.2) is 5.78 Å². The van der Waals surface area contributed by atoms with Gasteiger partial charge in [-0.2, -0.15) is 4.98 Å². The van der Waals surface area contributed by atoms with Gasteiger partial charge in [-0.1, -0.05) is 18.7 Å². The van der Waals surface area contributed by atoms with Crippen LogP contribution in [0.3, 0.4) is 0 Å². The highest BCUT2D eigenvalue weighted by molar-refractivity contribution is 7.99. The maximum atomic E-state index is 12.2. The van der Waals surface area contributed by atoms with Crippen LogP contribution in [0.15, 0.2) is 47.9 Å². The van der Waals surface area contributed by atoms with Gasteiger partial charge >= 0.3 is 0 Å². The molecule has 0 aliphatic carbocycles. The quantitative estimate of drug-likeness (QED) is 0.547. The van der Waals surface area contributed by atoms with Crippen LogP contribution in [0.2, 0.25) is 0 Å². The van der Waals surface area contributed by atoms with Crippen molar-refractivity contribution in [2.75, 3.05) is 11.1 Å². The van der Waals surface area contributed by atoms with E-state index < -0.39 is 0 Å². The fourth-order valence-electron chi connectivity index (χ4n) is 1.98. The summed E-state index contributed by atoms with van der Waals surface area (Å²) in [5, 5.41) is 7.49. The van der Waals surface area contributed by atoms with Crippen molar-refractivity contribution in [1.29, 1.82) is 0 Å². The summed E-state index contributed by atoms with van der Waals surface area (Å²) in [5.41, 5.74) is 1.26. The molecule has 2 heterocycles. The summed E-state index contributed by atoms with van der Waals surface area (Å²) in [5.74, 6) is 0.650. The number of carbonyl (C=O) groups is 2. The Morgan fingerprint density at radius 2 is 2.04 bits per heavy atom. The molecule has 3 rings (SSSR count). The summed E-state index contributed by atoms with van der Waals surface area (Å²) in [6, 6.07) is 8.61. The molecule has 0 unspecified atom stereocenters. The fourth-order valence-corrected chi connectivity index (χ4v) is 2.70. The number of benzene rings is 1. The number of aromatic nitrogens is 4. The molecule has 0 saturated carbocycles. The van der Waals surface area contributed by atoms with E-state index in [9.17, 15) is 9.59 Å². The van der Waals surface area contributed by atoms with Crippen LogP contribution in [-0.4, -0.2) is 37.0 Å². The number of anilines is 1. The van der Waals surface area contributed by atoms with Crippen LogP contribution in [0.5, 0.6) is 0 Å². The van der Waals surface area contributed by atoms with E-state index in [2.05, 4.69) is 20.4 Å². The Hall–Kier alpha value is -2.74. The van der Waals surface area contributed by atoms with Gasteiger partial charge in [-0.25, -0.2) is 9.50 Å². The van der Waals surface area contributed by atoms with E-state index in [1.807, 2.05) is 0 Å². The Balaban J connectivity index is 1.61. The normalized spacial score (nSPS) is 10.7. The molecule has 0 spiro atoms. The zero-order valence-corrected chi connectivity index (χ0v) is 13.8. The molecule has 3 aromatic rings. The van der Waals surface area contributed by atoms with Crippen LogP contribution in [0.1, 0.15) is 23.7 Å². The predicted molar refractivity (Wildman–Crippen MR) is 91.2 cm³/mol. The summed E-state index contributed by atoms with van der Waals surface area (Å²) < 4.78 is 1.57. The molecule has 1 aromatic carbocycles. The van der Waals surface area contributed by atoms with Crippen molar-refractivity contribution >= 4 is 34.9 Å². The van der Waals surface area contributed by atoms with Gasteiger partial charge in [0, 0.05) is 30.1 Å². The SMILES string of the molecule is CCC(=O)Nc1ccc(C(=O)CSc2nc3ncccn3n2)cc1. The maximum absolute atomic E-state index is 12.2. The molecule has 2 aromatic heterocycles. The van der Waals surface area contributed by atoms with Crippen LogP contribution in [0, 0.1) is 0 Å². The average Bonchev–Trinajstić information content (AvgIpc) is 3.03. The number of Topliss-reactive ketones (excluding diaryl/α,β-unsaturated/α-hetero) is 1. The Kier molecular flexibility index (Phi) is 4.85. The van der Waals surface area contributed by atoms with Crippen molar-refractivity contribution in [2.24, 2.45) is 0 Å². The van der Waals surface area contributed by atoms with Crippen LogP contribution >= 0.6 is 11.8 Å². The minimum atomic E-state index is -0.0591. The van der Waals surface area contributed by atoms with Crippen LogP contribution in [-0.2, 0) is 4.79 Å². The topological polar surface area (TPSA) is 89.2 Å². The lowest BCUT2D eigenvalue weighted by atomic mass is 10.1. The zero-order valence-electron chi connectivity index (χ0n) is 13.0. The molecular formula is C16H15N5O2S. The number of hydrogen-bond donors (Lipinski definition) is 1.